The number of thiophene rings is 1. The van der Waals surface area contributed by atoms with Crippen LogP contribution < -0.4 is 4.90 Å². The van der Waals surface area contributed by atoms with Gasteiger partial charge in [-0.05, 0) is 48.6 Å². The van der Waals surface area contributed by atoms with E-state index in [1.165, 1.54) is 12.1 Å². The number of rotatable bonds is 2. The van der Waals surface area contributed by atoms with Crippen molar-refractivity contribution in [1.29, 1.82) is 0 Å². The summed E-state index contributed by atoms with van der Waals surface area (Å²) >= 11 is 1.58. The molecule has 2 aliphatic rings. The van der Waals surface area contributed by atoms with Crippen molar-refractivity contribution < 1.29 is 14.0 Å². The quantitative estimate of drug-likeness (QED) is 0.811. The number of carbonyl (C=O) groups is 2. The third-order valence-corrected chi connectivity index (χ3v) is 5.63. The molecule has 5 heteroatoms. The van der Waals surface area contributed by atoms with Gasteiger partial charge in [0.15, 0.2) is 5.78 Å². The van der Waals surface area contributed by atoms with Gasteiger partial charge in [-0.1, -0.05) is 6.07 Å². The summed E-state index contributed by atoms with van der Waals surface area (Å²) in [5, 5.41) is 1.97. The Labute approximate surface area is 143 Å². The molecule has 1 amide bonds. The molecule has 4 rings (SSSR count). The van der Waals surface area contributed by atoms with Crippen LogP contribution in [0.1, 0.15) is 36.5 Å². The first-order valence-corrected chi connectivity index (χ1v) is 8.91. The highest BCUT2D eigenvalue weighted by Gasteiger charge is 2.39. The molecule has 1 aromatic carbocycles. The lowest BCUT2D eigenvalue weighted by atomic mass is 9.79. The maximum absolute atomic E-state index is 13.2. The van der Waals surface area contributed by atoms with E-state index in [0.717, 1.165) is 22.6 Å². The van der Waals surface area contributed by atoms with Crippen molar-refractivity contribution in [3.05, 3.63) is 63.7 Å². The summed E-state index contributed by atoms with van der Waals surface area (Å²) in [7, 11) is 0. The number of hydrogen-bond donors (Lipinski definition) is 0. The summed E-state index contributed by atoms with van der Waals surface area (Å²) in [4.78, 5) is 28.1. The minimum Gasteiger partial charge on any atom is -0.294 e. The molecule has 2 heterocycles. The van der Waals surface area contributed by atoms with E-state index in [1.807, 2.05) is 17.5 Å². The number of carbonyl (C=O) groups excluding carboxylic acids is 2. The van der Waals surface area contributed by atoms with Crippen LogP contribution in [-0.4, -0.2) is 11.7 Å². The zero-order valence-corrected chi connectivity index (χ0v) is 13.8. The molecule has 0 unspecified atom stereocenters. The summed E-state index contributed by atoms with van der Waals surface area (Å²) < 4.78 is 13.2. The molecule has 0 saturated carbocycles. The van der Waals surface area contributed by atoms with Crippen molar-refractivity contribution in [3.63, 3.8) is 0 Å². The van der Waals surface area contributed by atoms with E-state index in [-0.39, 0.29) is 29.8 Å². The second kappa shape index (κ2) is 5.98. The number of ketones is 1. The van der Waals surface area contributed by atoms with Gasteiger partial charge in [-0.15, -0.1) is 11.3 Å². The predicted molar refractivity (Wildman–Crippen MR) is 91.4 cm³/mol. The predicted octanol–water partition coefficient (Wildman–Crippen LogP) is 4.41. The zero-order chi connectivity index (χ0) is 16.7. The van der Waals surface area contributed by atoms with E-state index in [2.05, 4.69) is 0 Å². The van der Waals surface area contributed by atoms with Crippen LogP contribution in [0.4, 0.5) is 10.1 Å². The molecule has 0 bridgehead atoms. The van der Waals surface area contributed by atoms with Gasteiger partial charge in [0.25, 0.3) is 0 Å². The molecule has 122 valence electrons. The van der Waals surface area contributed by atoms with Crippen molar-refractivity contribution in [3.8, 4) is 0 Å². The van der Waals surface area contributed by atoms with Crippen LogP contribution in [0.2, 0.25) is 0 Å². The van der Waals surface area contributed by atoms with Crippen molar-refractivity contribution in [2.75, 3.05) is 4.90 Å². The zero-order valence-electron chi connectivity index (χ0n) is 13.0. The lowest BCUT2D eigenvalue weighted by Crippen LogP contribution is -2.40. The average molecular weight is 341 g/mol. The minimum absolute atomic E-state index is 0.0338. The van der Waals surface area contributed by atoms with Crippen molar-refractivity contribution >= 4 is 28.7 Å². The number of halogens is 1. The van der Waals surface area contributed by atoms with Gasteiger partial charge in [-0.25, -0.2) is 4.39 Å². The monoisotopic (exact) mass is 341 g/mol. The van der Waals surface area contributed by atoms with Gasteiger partial charge in [-0.2, -0.15) is 0 Å². The van der Waals surface area contributed by atoms with Gasteiger partial charge in [-0.3, -0.25) is 14.5 Å². The summed E-state index contributed by atoms with van der Waals surface area (Å²) in [5.74, 6) is -0.381. The number of anilines is 1. The molecule has 0 radical (unpaired) electrons. The third-order valence-electron chi connectivity index (χ3n) is 4.65. The molecule has 1 aliphatic carbocycles. The molecule has 0 saturated heterocycles. The second-order valence-electron chi connectivity index (χ2n) is 6.11. The van der Waals surface area contributed by atoms with Crippen LogP contribution in [-0.2, 0) is 9.59 Å². The van der Waals surface area contributed by atoms with Crippen LogP contribution in [0, 0.1) is 5.82 Å². The fourth-order valence-electron chi connectivity index (χ4n) is 3.62. The summed E-state index contributed by atoms with van der Waals surface area (Å²) in [6, 6.07) is 9.83. The number of Topliss-reactive ketones (excluding diaryl/α,β-unsaturated/α-hetero) is 1. The van der Waals surface area contributed by atoms with E-state index in [0.29, 0.717) is 18.5 Å². The lowest BCUT2D eigenvalue weighted by molar-refractivity contribution is -0.119. The maximum atomic E-state index is 13.2. The first-order valence-electron chi connectivity index (χ1n) is 8.03. The molecule has 24 heavy (non-hydrogen) atoms. The van der Waals surface area contributed by atoms with Crippen LogP contribution in [0.25, 0.3) is 0 Å². The SMILES string of the molecule is O=C1CCCC2=C1[C@H](c1cccs1)CC(=O)N2c1ccc(F)cc1. The highest BCUT2D eigenvalue weighted by Crippen LogP contribution is 2.44. The molecule has 0 N–H and O–H groups in total. The van der Waals surface area contributed by atoms with Crippen LogP contribution >= 0.6 is 11.3 Å². The standard InChI is InChI=1S/C19H16FNO2S/c20-12-6-8-13(9-7-12)21-15-3-1-4-16(22)19(15)14(11-18(21)23)17-5-2-10-24-17/h2,5-10,14H,1,3-4,11H2/t14-/m0/s1. The average Bonchev–Trinajstić information content (AvgIpc) is 3.10. The number of benzene rings is 1. The molecule has 1 aliphatic heterocycles. The summed E-state index contributed by atoms with van der Waals surface area (Å²) in [6.45, 7) is 0. The van der Waals surface area contributed by atoms with Gasteiger partial charge in [0.05, 0.1) is 0 Å². The normalized spacial score (nSPS) is 21.2. The Morgan fingerprint density at radius 1 is 1.08 bits per heavy atom. The van der Waals surface area contributed by atoms with Gasteiger partial charge >= 0.3 is 0 Å². The van der Waals surface area contributed by atoms with Crippen LogP contribution in [0.15, 0.2) is 53.0 Å². The van der Waals surface area contributed by atoms with E-state index < -0.39 is 0 Å². The van der Waals surface area contributed by atoms with Crippen molar-refractivity contribution in [2.24, 2.45) is 0 Å². The van der Waals surface area contributed by atoms with E-state index in [4.69, 9.17) is 0 Å². The Morgan fingerprint density at radius 2 is 1.88 bits per heavy atom. The fourth-order valence-corrected chi connectivity index (χ4v) is 4.45. The van der Waals surface area contributed by atoms with Gasteiger partial charge in [0, 0.05) is 40.6 Å². The summed E-state index contributed by atoms with van der Waals surface area (Å²) in [5.41, 5.74) is 2.20. The summed E-state index contributed by atoms with van der Waals surface area (Å²) in [6.07, 6.45) is 2.26. The number of nitrogens with zero attached hydrogens (tertiary/aromatic N) is 1. The number of hydrogen-bond acceptors (Lipinski definition) is 3. The van der Waals surface area contributed by atoms with E-state index in [9.17, 15) is 14.0 Å². The van der Waals surface area contributed by atoms with E-state index >= 15 is 0 Å². The molecule has 2 aromatic rings. The second-order valence-corrected chi connectivity index (χ2v) is 7.09. The Bertz CT molecular complexity index is 824. The first kappa shape index (κ1) is 15.3. The van der Waals surface area contributed by atoms with Crippen molar-refractivity contribution in [1.82, 2.24) is 0 Å². The number of amides is 1. The minimum atomic E-state index is -0.339. The topological polar surface area (TPSA) is 37.4 Å². The molecule has 0 spiro atoms. The van der Waals surface area contributed by atoms with Crippen molar-refractivity contribution in [2.45, 2.75) is 31.6 Å². The van der Waals surface area contributed by atoms with Crippen LogP contribution in [0.3, 0.4) is 0 Å². The third kappa shape index (κ3) is 2.49. The number of allylic oxidation sites excluding steroid dienone is 2. The van der Waals surface area contributed by atoms with Gasteiger partial charge in [0.2, 0.25) is 5.91 Å². The largest absolute Gasteiger partial charge is 0.294 e. The molecular weight excluding hydrogens is 325 g/mol. The highest BCUT2D eigenvalue weighted by molar-refractivity contribution is 7.10. The molecule has 0 fully saturated rings. The van der Waals surface area contributed by atoms with E-state index in [1.54, 1.807) is 28.4 Å². The molecule has 3 nitrogen and oxygen atoms in total. The molecular formula is C19H16FNO2S. The van der Waals surface area contributed by atoms with Gasteiger partial charge in [0.1, 0.15) is 5.82 Å². The Hall–Kier alpha value is -2.27. The Morgan fingerprint density at radius 3 is 2.58 bits per heavy atom. The lowest BCUT2D eigenvalue weighted by Gasteiger charge is -2.37. The fraction of sp³-hybridized carbons (Fsp3) is 0.263. The first-order chi connectivity index (χ1) is 11.6. The Kier molecular flexibility index (Phi) is 3.81. The van der Waals surface area contributed by atoms with Gasteiger partial charge < -0.3 is 0 Å². The maximum Gasteiger partial charge on any atom is 0.232 e. The molecule has 1 atom stereocenters. The Balaban J connectivity index is 1.85. The molecule has 1 aromatic heterocycles. The smallest absolute Gasteiger partial charge is 0.232 e. The van der Waals surface area contributed by atoms with Crippen LogP contribution in [0.5, 0.6) is 0 Å². The highest BCUT2D eigenvalue weighted by atomic mass is 32.1.